The van der Waals surface area contributed by atoms with E-state index >= 15 is 0 Å². The fourth-order valence-electron chi connectivity index (χ4n) is 1.44. The molecule has 0 aliphatic heterocycles. The molecule has 5 nitrogen and oxygen atoms in total. The monoisotopic (exact) mass is 231 g/mol. The van der Waals surface area contributed by atoms with Gasteiger partial charge in [0.1, 0.15) is 5.75 Å². The molecule has 2 rings (SSSR count). The minimum atomic E-state index is -0.231. The lowest BCUT2D eigenvalue weighted by Gasteiger charge is -2.04. The zero-order valence-corrected chi connectivity index (χ0v) is 9.94. The average Bonchev–Trinajstić information content (AvgIpc) is 2.34. The number of methoxy groups -OCH3 is 1. The van der Waals surface area contributed by atoms with Crippen LogP contribution in [0.1, 0.15) is 11.4 Å². The Hall–Kier alpha value is -2.17. The first-order valence-electron chi connectivity index (χ1n) is 5.19. The van der Waals surface area contributed by atoms with Gasteiger partial charge in [0.15, 0.2) is 5.69 Å². The van der Waals surface area contributed by atoms with E-state index in [1.165, 1.54) is 0 Å². The van der Waals surface area contributed by atoms with Crippen molar-refractivity contribution < 1.29 is 4.74 Å². The molecule has 0 amide bonds. The predicted octanol–water partition coefficient (Wildman–Crippen LogP) is 1.46. The summed E-state index contributed by atoms with van der Waals surface area (Å²) in [5, 5.41) is 0. The molecule has 2 aromatic rings. The van der Waals surface area contributed by atoms with E-state index in [4.69, 9.17) is 4.74 Å². The Morgan fingerprint density at radius 2 is 2.06 bits per heavy atom. The topological polar surface area (TPSA) is 67.9 Å². The molecule has 0 aliphatic rings. The standard InChI is InChI=1S/C12H13N3O2/c1-7-8(2)15-12(16)11(14-7)10-5-4-9(17-3)6-13-10/h4-6H,1-3H3,(H,15,16). The van der Waals surface area contributed by atoms with Crippen LogP contribution in [0.5, 0.6) is 5.75 Å². The summed E-state index contributed by atoms with van der Waals surface area (Å²) in [7, 11) is 1.57. The molecule has 0 fully saturated rings. The molecule has 0 saturated carbocycles. The van der Waals surface area contributed by atoms with Gasteiger partial charge in [0.2, 0.25) is 0 Å². The number of ether oxygens (including phenoxy) is 1. The van der Waals surface area contributed by atoms with Crippen LogP contribution in [-0.2, 0) is 0 Å². The Morgan fingerprint density at radius 1 is 1.29 bits per heavy atom. The largest absolute Gasteiger partial charge is 0.495 e. The summed E-state index contributed by atoms with van der Waals surface area (Å²) in [6.07, 6.45) is 1.56. The van der Waals surface area contributed by atoms with E-state index in [-0.39, 0.29) is 5.56 Å². The maximum atomic E-state index is 11.8. The lowest BCUT2D eigenvalue weighted by molar-refractivity contribution is 0.413. The Kier molecular flexibility index (Phi) is 2.91. The van der Waals surface area contributed by atoms with E-state index in [0.717, 1.165) is 11.4 Å². The van der Waals surface area contributed by atoms with Crippen LogP contribution in [-0.4, -0.2) is 22.1 Å². The maximum Gasteiger partial charge on any atom is 0.276 e. The third-order valence-corrected chi connectivity index (χ3v) is 2.55. The van der Waals surface area contributed by atoms with Crippen molar-refractivity contribution in [1.82, 2.24) is 15.0 Å². The highest BCUT2D eigenvalue weighted by Gasteiger charge is 2.08. The van der Waals surface area contributed by atoms with Crippen molar-refractivity contribution in [2.75, 3.05) is 7.11 Å². The number of H-pyrrole nitrogens is 1. The van der Waals surface area contributed by atoms with Gasteiger partial charge in [-0.1, -0.05) is 0 Å². The van der Waals surface area contributed by atoms with Crippen molar-refractivity contribution in [3.05, 3.63) is 40.1 Å². The van der Waals surface area contributed by atoms with Gasteiger partial charge in [0, 0.05) is 5.69 Å². The lowest BCUT2D eigenvalue weighted by Crippen LogP contribution is -2.14. The fraction of sp³-hybridized carbons (Fsp3) is 0.250. The van der Waals surface area contributed by atoms with E-state index in [1.807, 2.05) is 13.8 Å². The summed E-state index contributed by atoms with van der Waals surface area (Å²) in [5.74, 6) is 0.647. The number of nitrogens with one attached hydrogen (secondary N) is 1. The molecule has 1 N–H and O–H groups in total. The van der Waals surface area contributed by atoms with Crippen LogP contribution in [0, 0.1) is 13.8 Å². The minimum absolute atomic E-state index is 0.231. The second-order valence-corrected chi connectivity index (χ2v) is 3.71. The molecule has 0 radical (unpaired) electrons. The zero-order valence-electron chi connectivity index (χ0n) is 9.94. The van der Waals surface area contributed by atoms with Gasteiger partial charge in [-0.2, -0.15) is 0 Å². The Balaban J connectivity index is 2.52. The first-order chi connectivity index (χ1) is 8.11. The SMILES string of the molecule is COc1ccc(-c2nc(C)c(C)[nH]c2=O)nc1. The van der Waals surface area contributed by atoms with Gasteiger partial charge in [0.25, 0.3) is 5.56 Å². The van der Waals surface area contributed by atoms with Gasteiger partial charge >= 0.3 is 0 Å². The normalized spacial score (nSPS) is 10.3. The number of aromatic nitrogens is 3. The van der Waals surface area contributed by atoms with E-state index in [9.17, 15) is 4.79 Å². The van der Waals surface area contributed by atoms with Crippen LogP contribution in [0.25, 0.3) is 11.4 Å². The number of hydrogen-bond acceptors (Lipinski definition) is 4. The molecule has 0 unspecified atom stereocenters. The second-order valence-electron chi connectivity index (χ2n) is 3.71. The van der Waals surface area contributed by atoms with Crippen LogP contribution < -0.4 is 10.3 Å². The van der Waals surface area contributed by atoms with Crippen molar-refractivity contribution in [3.63, 3.8) is 0 Å². The lowest BCUT2D eigenvalue weighted by atomic mass is 10.2. The zero-order chi connectivity index (χ0) is 12.4. The molecule has 0 spiro atoms. The van der Waals surface area contributed by atoms with Crippen molar-refractivity contribution >= 4 is 0 Å². The molecule has 2 heterocycles. The number of pyridine rings is 1. The molecule has 88 valence electrons. The number of aryl methyl sites for hydroxylation is 2. The molecule has 0 aromatic carbocycles. The Labute approximate surface area is 98.5 Å². The van der Waals surface area contributed by atoms with Crippen LogP contribution in [0.4, 0.5) is 0 Å². The van der Waals surface area contributed by atoms with Gasteiger partial charge in [0.05, 0.1) is 24.7 Å². The van der Waals surface area contributed by atoms with Gasteiger partial charge in [-0.05, 0) is 26.0 Å². The van der Waals surface area contributed by atoms with Crippen LogP contribution >= 0.6 is 0 Å². The molecular formula is C12H13N3O2. The summed E-state index contributed by atoms with van der Waals surface area (Å²) in [6, 6.07) is 3.46. The number of aromatic amines is 1. The van der Waals surface area contributed by atoms with E-state index < -0.39 is 0 Å². The van der Waals surface area contributed by atoms with Gasteiger partial charge in [-0.15, -0.1) is 0 Å². The smallest absolute Gasteiger partial charge is 0.276 e. The molecule has 5 heteroatoms. The van der Waals surface area contributed by atoms with E-state index in [2.05, 4.69) is 15.0 Å². The van der Waals surface area contributed by atoms with E-state index in [0.29, 0.717) is 17.1 Å². The number of nitrogens with zero attached hydrogens (tertiary/aromatic N) is 2. The Bertz CT molecular complexity index is 588. The quantitative estimate of drug-likeness (QED) is 0.849. The average molecular weight is 231 g/mol. The highest BCUT2D eigenvalue weighted by atomic mass is 16.5. The second kappa shape index (κ2) is 4.37. The maximum absolute atomic E-state index is 11.8. The highest BCUT2D eigenvalue weighted by molar-refractivity contribution is 5.53. The molecule has 0 saturated heterocycles. The van der Waals surface area contributed by atoms with Gasteiger partial charge in [-0.3, -0.25) is 9.78 Å². The van der Waals surface area contributed by atoms with Crippen LogP contribution in [0.2, 0.25) is 0 Å². The molecule has 0 bridgehead atoms. The summed E-state index contributed by atoms with van der Waals surface area (Å²) in [6.45, 7) is 3.66. The van der Waals surface area contributed by atoms with Gasteiger partial charge in [-0.25, -0.2) is 4.98 Å². The summed E-state index contributed by atoms with van der Waals surface area (Å²) >= 11 is 0. The van der Waals surface area contributed by atoms with Crippen molar-refractivity contribution in [1.29, 1.82) is 0 Å². The van der Waals surface area contributed by atoms with E-state index in [1.54, 1.807) is 25.4 Å². The molecular weight excluding hydrogens is 218 g/mol. The molecule has 0 atom stereocenters. The fourth-order valence-corrected chi connectivity index (χ4v) is 1.44. The van der Waals surface area contributed by atoms with Crippen molar-refractivity contribution in [2.45, 2.75) is 13.8 Å². The number of hydrogen-bond donors (Lipinski definition) is 1. The first-order valence-corrected chi connectivity index (χ1v) is 5.19. The minimum Gasteiger partial charge on any atom is -0.495 e. The van der Waals surface area contributed by atoms with Crippen LogP contribution in [0.3, 0.4) is 0 Å². The van der Waals surface area contributed by atoms with Crippen molar-refractivity contribution in [2.24, 2.45) is 0 Å². The highest BCUT2D eigenvalue weighted by Crippen LogP contribution is 2.14. The summed E-state index contributed by atoms with van der Waals surface area (Å²) < 4.78 is 5.01. The third-order valence-electron chi connectivity index (χ3n) is 2.55. The van der Waals surface area contributed by atoms with Crippen LogP contribution in [0.15, 0.2) is 23.1 Å². The Morgan fingerprint density at radius 3 is 2.65 bits per heavy atom. The molecule has 17 heavy (non-hydrogen) atoms. The number of rotatable bonds is 2. The van der Waals surface area contributed by atoms with Crippen molar-refractivity contribution in [3.8, 4) is 17.1 Å². The third kappa shape index (κ3) is 2.18. The summed E-state index contributed by atoms with van der Waals surface area (Å²) in [4.78, 5) is 22.9. The first kappa shape index (κ1) is 11.3. The molecule has 2 aromatic heterocycles. The summed E-state index contributed by atoms with van der Waals surface area (Å²) in [5.41, 5.74) is 2.20. The predicted molar refractivity (Wildman–Crippen MR) is 64.1 cm³/mol. The molecule has 0 aliphatic carbocycles. The van der Waals surface area contributed by atoms with Gasteiger partial charge < -0.3 is 9.72 Å².